The topological polar surface area (TPSA) is 29.1 Å². The summed E-state index contributed by atoms with van der Waals surface area (Å²) in [6.45, 7) is 6.96. The fraction of sp³-hybridized carbons (Fsp3) is 0.929. The van der Waals surface area contributed by atoms with Gasteiger partial charge in [-0.1, -0.05) is 27.2 Å². The van der Waals surface area contributed by atoms with Crippen LogP contribution < -0.4 is 5.32 Å². The third-order valence-corrected chi connectivity index (χ3v) is 4.21. The van der Waals surface area contributed by atoms with E-state index in [1.807, 2.05) is 0 Å². The highest BCUT2D eigenvalue weighted by Gasteiger charge is 2.34. The van der Waals surface area contributed by atoms with Crippen molar-refractivity contribution in [2.75, 3.05) is 0 Å². The van der Waals surface area contributed by atoms with Crippen molar-refractivity contribution in [3.63, 3.8) is 0 Å². The van der Waals surface area contributed by atoms with Gasteiger partial charge in [0.25, 0.3) is 0 Å². The number of hydrogen-bond donors (Lipinski definition) is 1. The predicted molar refractivity (Wildman–Crippen MR) is 66.1 cm³/mol. The van der Waals surface area contributed by atoms with Gasteiger partial charge in [-0.25, -0.2) is 0 Å². The van der Waals surface area contributed by atoms with E-state index >= 15 is 0 Å². The minimum Gasteiger partial charge on any atom is -0.353 e. The first-order valence-corrected chi connectivity index (χ1v) is 6.77. The molecule has 2 saturated carbocycles. The zero-order valence-electron chi connectivity index (χ0n) is 10.9. The Balaban J connectivity index is 1.86. The molecule has 1 N–H and O–H groups in total. The highest BCUT2D eigenvalue weighted by atomic mass is 16.2. The van der Waals surface area contributed by atoms with Gasteiger partial charge in [-0.2, -0.15) is 0 Å². The minimum atomic E-state index is 0.321. The van der Waals surface area contributed by atoms with Gasteiger partial charge in [0.1, 0.15) is 0 Å². The Morgan fingerprint density at radius 3 is 2.44 bits per heavy atom. The number of rotatable bonds is 2. The molecule has 92 valence electrons. The Hall–Kier alpha value is -0.530. The van der Waals surface area contributed by atoms with Gasteiger partial charge in [0.2, 0.25) is 5.91 Å². The third-order valence-electron chi connectivity index (χ3n) is 4.21. The Morgan fingerprint density at radius 2 is 1.94 bits per heavy atom. The zero-order valence-corrected chi connectivity index (χ0v) is 10.9. The van der Waals surface area contributed by atoms with Gasteiger partial charge in [0.15, 0.2) is 0 Å². The monoisotopic (exact) mass is 223 g/mol. The van der Waals surface area contributed by atoms with Crippen molar-refractivity contribution in [1.29, 1.82) is 0 Å². The Kier molecular flexibility index (Phi) is 3.27. The standard InChI is InChI=1S/C14H25NO/c1-10-7-12(9-14(2,3)8-10)15-13(16)11-5-4-6-11/h10-12H,4-9H2,1-3H3,(H,15,16)/t10-,12-/m0/s1. The van der Waals surface area contributed by atoms with Gasteiger partial charge in [-0.15, -0.1) is 0 Å². The van der Waals surface area contributed by atoms with E-state index in [1.54, 1.807) is 0 Å². The summed E-state index contributed by atoms with van der Waals surface area (Å²) in [5.74, 6) is 1.40. The number of carbonyl (C=O) groups excluding carboxylic acids is 1. The maximum atomic E-state index is 11.9. The molecule has 0 aromatic rings. The van der Waals surface area contributed by atoms with Crippen molar-refractivity contribution in [1.82, 2.24) is 5.32 Å². The third kappa shape index (κ3) is 2.78. The second-order valence-electron chi connectivity index (χ2n) is 6.75. The van der Waals surface area contributed by atoms with Crippen LogP contribution in [-0.4, -0.2) is 11.9 Å². The fourth-order valence-electron chi connectivity index (χ4n) is 3.45. The van der Waals surface area contributed by atoms with Gasteiger partial charge in [-0.3, -0.25) is 4.79 Å². The maximum Gasteiger partial charge on any atom is 0.223 e. The Labute approximate surface area is 99.2 Å². The van der Waals surface area contributed by atoms with E-state index in [-0.39, 0.29) is 0 Å². The molecule has 0 aromatic carbocycles. The summed E-state index contributed by atoms with van der Waals surface area (Å²) in [5, 5.41) is 3.27. The van der Waals surface area contributed by atoms with Crippen LogP contribution in [0.5, 0.6) is 0 Å². The molecule has 0 aromatic heterocycles. The van der Waals surface area contributed by atoms with Crippen LogP contribution in [0.1, 0.15) is 59.3 Å². The first kappa shape index (κ1) is 11.9. The van der Waals surface area contributed by atoms with E-state index < -0.39 is 0 Å². The van der Waals surface area contributed by atoms with Crippen molar-refractivity contribution in [2.45, 2.75) is 65.3 Å². The van der Waals surface area contributed by atoms with Gasteiger partial charge in [-0.05, 0) is 43.4 Å². The van der Waals surface area contributed by atoms with Crippen LogP contribution in [0, 0.1) is 17.3 Å². The molecule has 0 heterocycles. The second kappa shape index (κ2) is 4.38. The first-order valence-electron chi connectivity index (χ1n) is 6.77. The quantitative estimate of drug-likeness (QED) is 0.765. The lowest BCUT2D eigenvalue weighted by Gasteiger charge is -2.40. The lowest BCUT2D eigenvalue weighted by Crippen LogP contribution is -2.46. The minimum absolute atomic E-state index is 0.321. The number of carbonyl (C=O) groups is 1. The van der Waals surface area contributed by atoms with Crippen molar-refractivity contribution >= 4 is 5.91 Å². The van der Waals surface area contributed by atoms with Crippen molar-refractivity contribution < 1.29 is 4.79 Å². The zero-order chi connectivity index (χ0) is 11.8. The summed E-state index contributed by atoms with van der Waals surface area (Å²) in [4.78, 5) is 11.9. The predicted octanol–water partition coefficient (Wildman–Crippen LogP) is 3.12. The van der Waals surface area contributed by atoms with E-state index in [2.05, 4.69) is 26.1 Å². The average Bonchev–Trinajstić information content (AvgIpc) is 1.94. The number of hydrogen-bond acceptors (Lipinski definition) is 1. The molecular weight excluding hydrogens is 198 g/mol. The Bertz CT molecular complexity index is 268. The molecule has 0 unspecified atom stereocenters. The van der Waals surface area contributed by atoms with Crippen molar-refractivity contribution in [3.8, 4) is 0 Å². The largest absolute Gasteiger partial charge is 0.353 e. The normalized spacial score (nSPS) is 34.2. The smallest absolute Gasteiger partial charge is 0.223 e. The molecule has 2 atom stereocenters. The van der Waals surface area contributed by atoms with E-state index in [0.717, 1.165) is 25.2 Å². The van der Waals surface area contributed by atoms with Crippen molar-refractivity contribution in [3.05, 3.63) is 0 Å². The fourth-order valence-corrected chi connectivity index (χ4v) is 3.45. The molecule has 2 rings (SSSR count). The van der Waals surface area contributed by atoms with Crippen LogP contribution in [0.25, 0.3) is 0 Å². The summed E-state index contributed by atoms with van der Waals surface area (Å²) >= 11 is 0. The lowest BCUT2D eigenvalue weighted by molar-refractivity contribution is -0.128. The highest BCUT2D eigenvalue weighted by molar-refractivity contribution is 5.79. The van der Waals surface area contributed by atoms with E-state index in [1.165, 1.54) is 19.3 Å². The van der Waals surface area contributed by atoms with Gasteiger partial charge < -0.3 is 5.32 Å². The Morgan fingerprint density at radius 1 is 1.25 bits per heavy atom. The molecule has 16 heavy (non-hydrogen) atoms. The molecular formula is C14H25NO. The maximum absolute atomic E-state index is 11.9. The van der Waals surface area contributed by atoms with E-state index in [9.17, 15) is 4.79 Å². The van der Waals surface area contributed by atoms with E-state index in [4.69, 9.17) is 0 Å². The van der Waals surface area contributed by atoms with Crippen LogP contribution >= 0.6 is 0 Å². The molecule has 2 aliphatic carbocycles. The van der Waals surface area contributed by atoms with Crippen LogP contribution in [-0.2, 0) is 4.79 Å². The van der Waals surface area contributed by atoms with Crippen LogP contribution in [0.15, 0.2) is 0 Å². The van der Waals surface area contributed by atoms with Crippen LogP contribution in [0.4, 0.5) is 0 Å². The molecule has 2 nitrogen and oxygen atoms in total. The van der Waals surface area contributed by atoms with E-state index in [0.29, 0.717) is 23.3 Å². The number of amides is 1. The van der Waals surface area contributed by atoms with Crippen LogP contribution in [0.3, 0.4) is 0 Å². The SMILES string of the molecule is C[C@H]1C[C@H](NC(=O)C2CCC2)CC(C)(C)C1. The molecule has 0 radical (unpaired) electrons. The molecule has 2 heteroatoms. The number of nitrogens with one attached hydrogen (secondary N) is 1. The second-order valence-corrected chi connectivity index (χ2v) is 6.75. The van der Waals surface area contributed by atoms with Crippen LogP contribution in [0.2, 0.25) is 0 Å². The molecule has 2 aliphatic rings. The lowest BCUT2D eigenvalue weighted by atomic mass is 9.70. The summed E-state index contributed by atoms with van der Waals surface area (Å²) < 4.78 is 0. The molecule has 0 bridgehead atoms. The van der Waals surface area contributed by atoms with Crippen molar-refractivity contribution in [2.24, 2.45) is 17.3 Å². The molecule has 2 fully saturated rings. The highest BCUT2D eigenvalue weighted by Crippen LogP contribution is 2.38. The molecule has 1 amide bonds. The average molecular weight is 223 g/mol. The summed E-state index contributed by atoms with van der Waals surface area (Å²) in [6, 6.07) is 0.423. The summed E-state index contributed by atoms with van der Waals surface area (Å²) in [6.07, 6.45) is 7.07. The van der Waals surface area contributed by atoms with Gasteiger partial charge >= 0.3 is 0 Å². The first-order chi connectivity index (χ1) is 7.46. The van der Waals surface area contributed by atoms with Gasteiger partial charge in [0, 0.05) is 12.0 Å². The molecule has 0 aliphatic heterocycles. The molecule has 0 spiro atoms. The summed E-state index contributed by atoms with van der Waals surface area (Å²) in [5.41, 5.74) is 0.398. The summed E-state index contributed by atoms with van der Waals surface area (Å²) in [7, 11) is 0. The molecule has 0 saturated heterocycles. The van der Waals surface area contributed by atoms with Gasteiger partial charge in [0.05, 0.1) is 0 Å².